The Bertz CT molecular complexity index is 101. The predicted molar refractivity (Wildman–Crippen MR) is 42.0 cm³/mol. The SMILES string of the molecule is CCC(CC)[SiH2]OC(=O)O. The van der Waals surface area contributed by atoms with E-state index in [1.165, 1.54) is 0 Å². The van der Waals surface area contributed by atoms with Crippen molar-refractivity contribution >= 4 is 15.9 Å². The van der Waals surface area contributed by atoms with E-state index in [0.717, 1.165) is 12.8 Å². The fourth-order valence-electron chi connectivity index (χ4n) is 0.714. The molecule has 10 heavy (non-hydrogen) atoms. The standard InChI is InChI=1S/C6H14O3Si/c1-3-5(4-2)10-9-6(7)8/h5H,3-4,10H2,1-2H3,(H,7,8). The minimum Gasteiger partial charge on any atom is -0.495 e. The lowest BCUT2D eigenvalue weighted by atomic mass is 10.3. The third-order valence-corrected chi connectivity index (χ3v) is 3.64. The molecule has 0 aliphatic rings. The minimum absolute atomic E-state index is 0.524. The number of rotatable bonds is 4. The Morgan fingerprint density at radius 2 is 2.10 bits per heavy atom. The van der Waals surface area contributed by atoms with E-state index in [4.69, 9.17) is 5.11 Å². The molecule has 60 valence electrons. The zero-order valence-electron chi connectivity index (χ0n) is 6.46. The molecule has 0 aromatic carbocycles. The van der Waals surface area contributed by atoms with Gasteiger partial charge in [0.05, 0.1) is 0 Å². The molecule has 1 N–H and O–H groups in total. The zero-order valence-corrected chi connectivity index (χ0v) is 7.88. The molecule has 0 saturated carbocycles. The first-order valence-electron chi connectivity index (χ1n) is 3.56. The van der Waals surface area contributed by atoms with Gasteiger partial charge in [-0.05, 0) is 5.54 Å². The number of hydrogen-bond acceptors (Lipinski definition) is 2. The molecule has 0 saturated heterocycles. The predicted octanol–water partition coefficient (Wildman–Crippen LogP) is 1.37. The van der Waals surface area contributed by atoms with Crippen LogP contribution in [0.1, 0.15) is 26.7 Å². The highest BCUT2D eigenvalue weighted by atomic mass is 28.2. The maximum atomic E-state index is 9.95. The number of carbonyl (C=O) groups is 1. The Balaban J connectivity index is 3.34. The second-order valence-electron chi connectivity index (χ2n) is 2.26. The minimum atomic E-state index is -1.11. The highest BCUT2D eigenvalue weighted by Crippen LogP contribution is 2.12. The third-order valence-electron chi connectivity index (χ3n) is 1.60. The van der Waals surface area contributed by atoms with Crippen molar-refractivity contribution < 1.29 is 14.3 Å². The molecular formula is C6H14O3Si. The highest BCUT2D eigenvalue weighted by molar-refractivity contribution is 6.32. The van der Waals surface area contributed by atoms with Gasteiger partial charge in [0.1, 0.15) is 0 Å². The van der Waals surface area contributed by atoms with Crippen LogP contribution in [0.25, 0.3) is 0 Å². The highest BCUT2D eigenvalue weighted by Gasteiger charge is 2.06. The molecule has 0 aromatic heterocycles. The molecule has 0 amide bonds. The van der Waals surface area contributed by atoms with Gasteiger partial charge in [0, 0.05) is 0 Å². The summed E-state index contributed by atoms with van der Waals surface area (Å²) in [5.74, 6) is 0. The van der Waals surface area contributed by atoms with E-state index in [2.05, 4.69) is 18.3 Å². The lowest BCUT2D eigenvalue weighted by Gasteiger charge is -2.08. The normalized spacial score (nSPS) is 11.1. The second kappa shape index (κ2) is 5.29. The van der Waals surface area contributed by atoms with Gasteiger partial charge in [0.15, 0.2) is 0 Å². The van der Waals surface area contributed by atoms with Crippen molar-refractivity contribution in [2.45, 2.75) is 32.2 Å². The summed E-state index contributed by atoms with van der Waals surface area (Å²) in [6.07, 6.45) is 0.963. The van der Waals surface area contributed by atoms with Gasteiger partial charge in [-0.3, -0.25) is 0 Å². The van der Waals surface area contributed by atoms with Crippen LogP contribution < -0.4 is 0 Å². The molecular weight excluding hydrogens is 148 g/mol. The van der Waals surface area contributed by atoms with Gasteiger partial charge in [-0.25, -0.2) is 4.79 Å². The van der Waals surface area contributed by atoms with E-state index in [1.54, 1.807) is 0 Å². The second-order valence-corrected chi connectivity index (χ2v) is 4.04. The average molecular weight is 162 g/mol. The zero-order chi connectivity index (χ0) is 7.98. The van der Waals surface area contributed by atoms with Crippen molar-refractivity contribution in [1.29, 1.82) is 0 Å². The first-order chi connectivity index (χ1) is 4.70. The van der Waals surface area contributed by atoms with Gasteiger partial charge in [0.2, 0.25) is 9.76 Å². The van der Waals surface area contributed by atoms with Crippen LogP contribution in [-0.2, 0) is 4.43 Å². The summed E-state index contributed by atoms with van der Waals surface area (Å²) in [6, 6.07) is 0. The Kier molecular flexibility index (Phi) is 5.01. The Hall–Kier alpha value is -0.513. The number of hydrogen-bond donors (Lipinski definition) is 1. The van der Waals surface area contributed by atoms with Crippen molar-refractivity contribution in [2.24, 2.45) is 0 Å². The summed E-state index contributed by atoms with van der Waals surface area (Å²) in [5.41, 5.74) is 0.524. The van der Waals surface area contributed by atoms with Crippen molar-refractivity contribution in [3.63, 3.8) is 0 Å². The topological polar surface area (TPSA) is 46.5 Å². The maximum absolute atomic E-state index is 9.95. The molecule has 0 aliphatic carbocycles. The summed E-state index contributed by atoms with van der Waals surface area (Å²) < 4.78 is 4.54. The van der Waals surface area contributed by atoms with Crippen LogP contribution in [0, 0.1) is 0 Å². The molecule has 0 aliphatic heterocycles. The molecule has 0 rings (SSSR count). The van der Waals surface area contributed by atoms with Crippen molar-refractivity contribution in [1.82, 2.24) is 0 Å². The quantitative estimate of drug-likeness (QED) is 0.635. The van der Waals surface area contributed by atoms with E-state index >= 15 is 0 Å². The van der Waals surface area contributed by atoms with E-state index in [0.29, 0.717) is 5.54 Å². The molecule has 0 unspecified atom stereocenters. The monoisotopic (exact) mass is 162 g/mol. The molecule has 0 radical (unpaired) electrons. The molecule has 0 bridgehead atoms. The Morgan fingerprint density at radius 1 is 1.60 bits per heavy atom. The van der Waals surface area contributed by atoms with Crippen LogP contribution in [0.2, 0.25) is 5.54 Å². The lowest BCUT2D eigenvalue weighted by molar-refractivity contribution is 0.145. The lowest BCUT2D eigenvalue weighted by Crippen LogP contribution is -2.10. The summed E-state index contributed by atoms with van der Waals surface area (Å²) in [6.45, 7) is 4.12. The fourth-order valence-corrected chi connectivity index (χ4v) is 1.56. The smallest absolute Gasteiger partial charge is 0.491 e. The van der Waals surface area contributed by atoms with Crippen LogP contribution in [0.3, 0.4) is 0 Å². The van der Waals surface area contributed by atoms with Crippen LogP contribution in [0.4, 0.5) is 4.79 Å². The van der Waals surface area contributed by atoms with E-state index in [-0.39, 0.29) is 0 Å². The third kappa shape index (κ3) is 4.37. The molecule has 0 spiro atoms. The first-order valence-corrected chi connectivity index (χ1v) is 4.95. The van der Waals surface area contributed by atoms with E-state index < -0.39 is 15.9 Å². The maximum Gasteiger partial charge on any atom is 0.491 e. The van der Waals surface area contributed by atoms with Gasteiger partial charge in [-0.15, -0.1) is 0 Å². The van der Waals surface area contributed by atoms with Gasteiger partial charge in [-0.2, -0.15) is 0 Å². The van der Waals surface area contributed by atoms with Gasteiger partial charge in [0.25, 0.3) is 0 Å². The first kappa shape index (κ1) is 9.49. The molecule has 3 nitrogen and oxygen atoms in total. The van der Waals surface area contributed by atoms with Gasteiger partial charge >= 0.3 is 6.16 Å². The number of carboxylic acid groups (broad SMARTS) is 1. The van der Waals surface area contributed by atoms with Gasteiger partial charge in [-0.1, -0.05) is 26.7 Å². The van der Waals surface area contributed by atoms with E-state index in [9.17, 15) is 4.79 Å². The van der Waals surface area contributed by atoms with Crippen LogP contribution in [0.5, 0.6) is 0 Å². The molecule has 0 aromatic rings. The van der Waals surface area contributed by atoms with Crippen LogP contribution >= 0.6 is 0 Å². The van der Waals surface area contributed by atoms with Gasteiger partial charge < -0.3 is 9.53 Å². The van der Waals surface area contributed by atoms with Crippen molar-refractivity contribution in [3.8, 4) is 0 Å². The Labute approximate surface area is 63.3 Å². The van der Waals surface area contributed by atoms with E-state index in [1.807, 2.05) is 0 Å². The van der Waals surface area contributed by atoms with Crippen LogP contribution in [0.15, 0.2) is 0 Å². The largest absolute Gasteiger partial charge is 0.495 e. The fraction of sp³-hybridized carbons (Fsp3) is 0.833. The summed E-state index contributed by atoms with van der Waals surface area (Å²) in [5, 5.41) is 8.17. The summed E-state index contributed by atoms with van der Waals surface area (Å²) in [7, 11) is -0.822. The summed E-state index contributed by atoms with van der Waals surface area (Å²) in [4.78, 5) is 9.95. The molecule has 0 fully saturated rings. The average Bonchev–Trinajstić information content (AvgIpc) is 1.90. The van der Waals surface area contributed by atoms with Crippen molar-refractivity contribution in [3.05, 3.63) is 0 Å². The molecule has 4 heteroatoms. The Morgan fingerprint density at radius 3 is 2.40 bits per heavy atom. The molecule has 0 heterocycles. The molecule has 0 atom stereocenters. The van der Waals surface area contributed by atoms with Crippen LogP contribution in [-0.4, -0.2) is 21.0 Å². The van der Waals surface area contributed by atoms with Crippen molar-refractivity contribution in [2.75, 3.05) is 0 Å². The summed E-state index contributed by atoms with van der Waals surface area (Å²) >= 11 is 0.